The first-order chi connectivity index (χ1) is 8.02. The molecule has 0 radical (unpaired) electrons. The van der Waals surface area contributed by atoms with Crippen molar-refractivity contribution < 1.29 is 9.50 Å². The van der Waals surface area contributed by atoms with Gasteiger partial charge in [-0.3, -0.25) is 0 Å². The van der Waals surface area contributed by atoms with Crippen LogP contribution in [0.3, 0.4) is 0 Å². The Balaban J connectivity index is 2.60. The Morgan fingerprint density at radius 1 is 1.47 bits per heavy atom. The number of nitrogens with two attached hydrogens (primary N) is 1. The van der Waals surface area contributed by atoms with Gasteiger partial charge < -0.3 is 15.7 Å². The number of benzene rings is 1. The van der Waals surface area contributed by atoms with E-state index in [9.17, 15) is 9.50 Å². The Hall–Kier alpha value is -0.970. The van der Waals surface area contributed by atoms with Gasteiger partial charge in [0.15, 0.2) is 0 Å². The smallest absolute Gasteiger partial charge is 0.127 e. The predicted octanol–water partition coefficient (Wildman–Crippen LogP) is 1.49. The molecule has 1 rings (SSSR count). The normalized spacial score (nSPS) is 13.1. The van der Waals surface area contributed by atoms with E-state index in [2.05, 4.69) is 0 Å². The summed E-state index contributed by atoms with van der Waals surface area (Å²) in [5.41, 5.74) is 7.12. The van der Waals surface area contributed by atoms with Crippen LogP contribution in [0.2, 0.25) is 0 Å². The van der Waals surface area contributed by atoms with Crippen LogP contribution in [0.1, 0.15) is 24.5 Å². The standard InChI is InChI=1S/C13H21FN2O/c1-10(17)5-6-16(2)9-12-7-11(8-15)3-4-13(12)14/h3-4,7,10,17H,5-6,8-9,15H2,1-2H3. The van der Waals surface area contributed by atoms with Crippen LogP contribution in [0.5, 0.6) is 0 Å². The van der Waals surface area contributed by atoms with Gasteiger partial charge in [0.05, 0.1) is 6.10 Å². The first kappa shape index (κ1) is 14.1. The van der Waals surface area contributed by atoms with Gasteiger partial charge in [0.2, 0.25) is 0 Å². The lowest BCUT2D eigenvalue weighted by molar-refractivity contribution is 0.162. The van der Waals surface area contributed by atoms with Crippen molar-refractivity contribution in [3.63, 3.8) is 0 Å². The van der Waals surface area contributed by atoms with Gasteiger partial charge in [0.1, 0.15) is 5.82 Å². The van der Waals surface area contributed by atoms with Crippen molar-refractivity contribution in [1.82, 2.24) is 4.90 Å². The zero-order valence-corrected chi connectivity index (χ0v) is 10.5. The zero-order valence-electron chi connectivity index (χ0n) is 10.5. The van der Waals surface area contributed by atoms with Crippen molar-refractivity contribution >= 4 is 0 Å². The largest absolute Gasteiger partial charge is 0.393 e. The minimum Gasteiger partial charge on any atom is -0.393 e. The highest BCUT2D eigenvalue weighted by molar-refractivity contribution is 5.24. The SMILES string of the molecule is CC(O)CCN(C)Cc1cc(CN)ccc1F. The highest BCUT2D eigenvalue weighted by atomic mass is 19.1. The average molecular weight is 240 g/mol. The maximum absolute atomic E-state index is 13.5. The van der Waals surface area contributed by atoms with Crippen molar-refractivity contribution in [3.8, 4) is 0 Å². The van der Waals surface area contributed by atoms with Crippen LogP contribution in [0.25, 0.3) is 0 Å². The van der Waals surface area contributed by atoms with Crippen LogP contribution in [-0.4, -0.2) is 29.7 Å². The molecule has 0 bridgehead atoms. The molecule has 1 aromatic carbocycles. The van der Waals surface area contributed by atoms with Crippen molar-refractivity contribution in [3.05, 3.63) is 35.1 Å². The molecule has 3 N–H and O–H groups in total. The van der Waals surface area contributed by atoms with Crippen molar-refractivity contribution in [2.75, 3.05) is 13.6 Å². The molecule has 4 heteroatoms. The third-order valence-electron chi connectivity index (χ3n) is 2.71. The van der Waals surface area contributed by atoms with E-state index in [1.54, 1.807) is 19.1 Å². The van der Waals surface area contributed by atoms with E-state index in [0.29, 0.717) is 25.1 Å². The molecule has 0 heterocycles. The van der Waals surface area contributed by atoms with Gasteiger partial charge in [-0.25, -0.2) is 4.39 Å². The van der Waals surface area contributed by atoms with E-state index in [0.717, 1.165) is 12.1 Å². The fourth-order valence-electron chi connectivity index (χ4n) is 1.65. The summed E-state index contributed by atoms with van der Waals surface area (Å²) in [4.78, 5) is 1.99. The van der Waals surface area contributed by atoms with Gasteiger partial charge >= 0.3 is 0 Å². The number of aliphatic hydroxyl groups excluding tert-OH is 1. The van der Waals surface area contributed by atoms with Gasteiger partial charge in [0, 0.05) is 25.2 Å². The Kier molecular flexibility index (Phi) is 5.55. The number of rotatable bonds is 6. The molecule has 0 amide bonds. The molecule has 0 aliphatic rings. The highest BCUT2D eigenvalue weighted by Gasteiger charge is 2.07. The van der Waals surface area contributed by atoms with E-state index in [1.807, 2.05) is 11.9 Å². The van der Waals surface area contributed by atoms with Crippen molar-refractivity contribution in [2.24, 2.45) is 5.73 Å². The molecular formula is C13H21FN2O. The molecule has 0 aliphatic carbocycles. The van der Waals surface area contributed by atoms with Gasteiger partial charge in [-0.1, -0.05) is 12.1 Å². The van der Waals surface area contributed by atoms with E-state index in [4.69, 9.17) is 5.73 Å². The molecule has 96 valence electrons. The highest BCUT2D eigenvalue weighted by Crippen LogP contribution is 2.12. The third kappa shape index (κ3) is 4.81. The Bertz CT molecular complexity index is 355. The lowest BCUT2D eigenvalue weighted by Crippen LogP contribution is -2.22. The average Bonchev–Trinajstić information content (AvgIpc) is 2.29. The third-order valence-corrected chi connectivity index (χ3v) is 2.71. The van der Waals surface area contributed by atoms with Crippen LogP contribution in [0, 0.1) is 5.82 Å². The van der Waals surface area contributed by atoms with E-state index in [1.165, 1.54) is 6.07 Å². The van der Waals surface area contributed by atoms with Gasteiger partial charge in [-0.05, 0) is 32.0 Å². The van der Waals surface area contributed by atoms with Gasteiger partial charge in [-0.15, -0.1) is 0 Å². The molecule has 0 saturated carbocycles. The molecule has 17 heavy (non-hydrogen) atoms. The molecule has 0 saturated heterocycles. The number of aliphatic hydroxyl groups is 1. The van der Waals surface area contributed by atoms with Crippen LogP contribution >= 0.6 is 0 Å². The molecule has 1 aromatic rings. The van der Waals surface area contributed by atoms with E-state index < -0.39 is 0 Å². The Labute approximate surface area is 102 Å². The Morgan fingerprint density at radius 3 is 2.76 bits per heavy atom. The lowest BCUT2D eigenvalue weighted by atomic mass is 10.1. The van der Waals surface area contributed by atoms with Gasteiger partial charge in [0.25, 0.3) is 0 Å². The predicted molar refractivity (Wildman–Crippen MR) is 66.9 cm³/mol. The number of nitrogens with zero attached hydrogens (tertiary/aromatic N) is 1. The summed E-state index contributed by atoms with van der Waals surface area (Å²) >= 11 is 0. The summed E-state index contributed by atoms with van der Waals surface area (Å²) < 4.78 is 13.5. The first-order valence-corrected chi connectivity index (χ1v) is 5.87. The summed E-state index contributed by atoms with van der Waals surface area (Å²) in [5.74, 6) is -0.203. The van der Waals surface area contributed by atoms with Crippen molar-refractivity contribution in [1.29, 1.82) is 0 Å². The monoisotopic (exact) mass is 240 g/mol. The number of hydrogen-bond donors (Lipinski definition) is 2. The number of hydrogen-bond acceptors (Lipinski definition) is 3. The minimum atomic E-state index is -0.322. The van der Waals surface area contributed by atoms with E-state index >= 15 is 0 Å². The Morgan fingerprint density at radius 2 is 2.18 bits per heavy atom. The maximum Gasteiger partial charge on any atom is 0.127 e. The molecule has 0 aromatic heterocycles. The molecular weight excluding hydrogens is 219 g/mol. The van der Waals surface area contributed by atoms with Crippen LogP contribution in [0.4, 0.5) is 4.39 Å². The summed E-state index contributed by atoms with van der Waals surface area (Å²) in [7, 11) is 1.91. The second-order valence-electron chi connectivity index (χ2n) is 4.51. The first-order valence-electron chi connectivity index (χ1n) is 5.87. The maximum atomic E-state index is 13.5. The molecule has 0 fully saturated rings. The molecule has 1 atom stereocenters. The minimum absolute atomic E-state index is 0.203. The molecule has 0 spiro atoms. The second kappa shape index (κ2) is 6.69. The summed E-state index contributed by atoms with van der Waals surface area (Å²) in [5, 5.41) is 9.19. The molecule has 0 aliphatic heterocycles. The summed E-state index contributed by atoms with van der Waals surface area (Å²) in [6.45, 7) is 3.45. The summed E-state index contributed by atoms with van der Waals surface area (Å²) in [6, 6.07) is 4.96. The second-order valence-corrected chi connectivity index (χ2v) is 4.51. The lowest BCUT2D eigenvalue weighted by Gasteiger charge is -2.18. The van der Waals surface area contributed by atoms with Gasteiger partial charge in [-0.2, -0.15) is 0 Å². The fourth-order valence-corrected chi connectivity index (χ4v) is 1.65. The van der Waals surface area contributed by atoms with Crippen LogP contribution < -0.4 is 5.73 Å². The van der Waals surface area contributed by atoms with Crippen LogP contribution in [0.15, 0.2) is 18.2 Å². The number of halogens is 1. The molecule has 1 unspecified atom stereocenters. The van der Waals surface area contributed by atoms with Crippen LogP contribution in [-0.2, 0) is 13.1 Å². The molecule has 3 nitrogen and oxygen atoms in total. The summed E-state index contributed by atoms with van der Waals surface area (Å²) in [6.07, 6.45) is 0.368. The quantitative estimate of drug-likeness (QED) is 0.792. The fraction of sp³-hybridized carbons (Fsp3) is 0.538. The van der Waals surface area contributed by atoms with Crippen molar-refractivity contribution in [2.45, 2.75) is 32.5 Å². The van der Waals surface area contributed by atoms with E-state index in [-0.39, 0.29) is 11.9 Å². The topological polar surface area (TPSA) is 49.5 Å². The zero-order chi connectivity index (χ0) is 12.8.